The van der Waals surface area contributed by atoms with Gasteiger partial charge in [0.15, 0.2) is 6.23 Å². The summed E-state index contributed by atoms with van der Waals surface area (Å²) in [4.78, 5) is 51.0. The first-order valence-corrected chi connectivity index (χ1v) is 11.1. The summed E-state index contributed by atoms with van der Waals surface area (Å²) in [7, 11) is 0. The predicted octanol–water partition coefficient (Wildman–Crippen LogP) is 2.93. The van der Waals surface area contributed by atoms with Crippen molar-refractivity contribution in [3.05, 3.63) is 117 Å². The van der Waals surface area contributed by atoms with Crippen molar-refractivity contribution >= 4 is 11.9 Å². The van der Waals surface area contributed by atoms with Crippen molar-refractivity contribution in [3.63, 3.8) is 0 Å². The van der Waals surface area contributed by atoms with Crippen LogP contribution >= 0.6 is 0 Å². The van der Waals surface area contributed by atoms with Crippen LogP contribution < -0.4 is 11.2 Å². The number of esters is 1. The van der Waals surface area contributed by atoms with Crippen LogP contribution in [0.15, 0.2) is 94.7 Å². The summed E-state index contributed by atoms with van der Waals surface area (Å²) in [6, 6.07) is 18.0. The first-order valence-electron chi connectivity index (χ1n) is 11.1. The molecule has 0 saturated heterocycles. The third-order valence-corrected chi connectivity index (χ3v) is 6.23. The summed E-state index contributed by atoms with van der Waals surface area (Å²) < 4.78 is 13.8. The normalized spacial score (nSPS) is 23.3. The van der Waals surface area contributed by atoms with Gasteiger partial charge in [0, 0.05) is 17.8 Å². The Morgan fingerprint density at radius 2 is 1.62 bits per heavy atom. The molecule has 1 aliphatic carbocycles. The van der Waals surface area contributed by atoms with Crippen LogP contribution in [0.2, 0.25) is 0 Å². The van der Waals surface area contributed by atoms with Gasteiger partial charge in [-0.2, -0.15) is 4.57 Å². The van der Waals surface area contributed by atoms with Crippen molar-refractivity contribution in [3.8, 4) is 0 Å². The van der Waals surface area contributed by atoms with E-state index in [0.29, 0.717) is 23.0 Å². The maximum absolute atomic E-state index is 13.1. The van der Waals surface area contributed by atoms with E-state index < -0.39 is 41.1 Å². The summed E-state index contributed by atoms with van der Waals surface area (Å²) in [6.45, 7) is 0. The first kappa shape index (κ1) is 21.8. The van der Waals surface area contributed by atoms with Crippen LogP contribution in [0.5, 0.6) is 0 Å². The molecule has 0 unspecified atom stereocenters. The SMILES string of the molecule is O=C(O[C@H]1CCC[C@]12C=C[C@H](n1ccc(=O)n(C(=O)c3ccccc3)c1=O)O2)c1ccccc1. The molecule has 1 saturated carbocycles. The number of carbonyl (C=O) groups is 2. The van der Waals surface area contributed by atoms with E-state index in [4.69, 9.17) is 9.47 Å². The topological polar surface area (TPSA) is 96.6 Å². The summed E-state index contributed by atoms with van der Waals surface area (Å²) in [5.74, 6) is -1.15. The highest BCUT2D eigenvalue weighted by atomic mass is 16.6. The van der Waals surface area contributed by atoms with Gasteiger partial charge in [-0.05, 0) is 55.7 Å². The fraction of sp³-hybridized carbons (Fsp3) is 0.231. The largest absolute Gasteiger partial charge is 0.455 e. The summed E-state index contributed by atoms with van der Waals surface area (Å²) in [6.07, 6.45) is 5.47. The minimum absolute atomic E-state index is 0.225. The number of rotatable bonds is 4. The zero-order chi connectivity index (χ0) is 23.7. The minimum atomic E-state index is -0.876. The molecule has 3 aromatic rings. The van der Waals surface area contributed by atoms with E-state index in [1.807, 2.05) is 12.1 Å². The second-order valence-electron chi connectivity index (χ2n) is 8.33. The quantitative estimate of drug-likeness (QED) is 0.441. The lowest BCUT2D eigenvalue weighted by atomic mass is 10.0. The van der Waals surface area contributed by atoms with E-state index in [1.165, 1.54) is 22.9 Å². The molecule has 3 atom stereocenters. The Balaban J connectivity index is 1.40. The van der Waals surface area contributed by atoms with Crippen molar-refractivity contribution < 1.29 is 19.1 Å². The van der Waals surface area contributed by atoms with Crippen LogP contribution in [0, 0.1) is 0 Å². The van der Waals surface area contributed by atoms with Gasteiger partial charge in [0.2, 0.25) is 0 Å². The van der Waals surface area contributed by atoms with Gasteiger partial charge in [0.05, 0.1) is 5.56 Å². The van der Waals surface area contributed by atoms with E-state index in [-0.39, 0.29) is 5.56 Å². The molecule has 0 N–H and O–H groups in total. The van der Waals surface area contributed by atoms with Crippen molar-refractivity contribution in [1.29, 1.82) is 0 Å². The molecular weight excluding hydrogens is 436 g/mol. The van der Waals surface area contributed by atoms with Crippen molar-refractivity contribution in [1.82, 2.24) is 9.13 Å². The first-order chi connectivity index (χ1) is 16.5. The molecule has 2 aliphatic rings. The van der Waals surface area contributed by atoms with Gasteiger partial charge in [0.25, 0.3) is 11.5 Å². The number of hydrogen-bond donors (Lipinski definition) is 0. The molecule has 2 aromatic carbocycles. The second kappa shape index (κ2) is 8.72. The Morgan fingerprint density at radius 1 is 0.941 bits per heavy atom. The van der Waals surface area contributed by atoms with Gasteiger partial charge >= 0.3 is 11.7 Å². The standard InChI is InChI=1S/C26H22N2O6/c29-21-14-17-27(25(32)28(21)23(30)18-8-3-1-4-9-18)22-13-16-26(34-22)15-7-12-20(26)33-24(31)19-10-5-2-6-11-19/h1-6,8-11,13-14,16-17,20,22H,7,12,15H2/t20-,22+,26-/m0/s1. The Kier molecular flexibility index (Phi) is 5.59. The molecule has 172 valence electrons. The molecule has 5 rings (SSSR count). The van der Waals surface area contributed by atoms with Crippen LogP contribution in [0.1, 0.15) is 46.2 Å². The third kappa shape index (κ3) is 3.82. The molecule has 0 amide bonds. The van der Waals surface area contributed by atoms with Gasteiger partial charge in [-0.15, -0.1) is 0 Å². The smallest absolute Gasteiger partial charge is 0.340 e. The van der Waals surface area contributed by atoms with Gasteiger partial charge in [-0.25, -0.2) is 9.59 Å². The van der Waals surface area contributed by atoms with Crippen LogP contribution in [-0.4, -0.2) is 32.7 Å². The molecule has 34 heavy (non-hydrogen) atoms. The monoisotopic (exact) mass is 458 g/mol. The predicted molar refractivity (Wildman–Crippen MR) is 123 cm³/mol. The number of carbonyl (C=O) groups excluding carboxylic acids is 2. The number of benzene rings is 2. The van der Waals surface area contributed by atoms with Gasteiger partial charge in [-0.3, -0.25) is 14.2 Å². The molecular formula is C26H22N2O6. The highest BCUT2D eigenvalue weighted by molar-refractivity contribution is 5.95. The minimum Gasteiger partial charge on any atom is -0.455 e. The molecule has 1 aromatic heterocycles. The molecule has 1 aliphatic heterocycles. The van der Waals surface area contributed by atoms with Gasteiger partial charge in [-0.1, -0.05) is 36.4 Å². The number of ether oxygens (including phenoxy) is 2. The van der Waals surface area contributed by atoms with Crippen LogP contribution in [0.25, 0.3) is 0 Å². The van der Waals surface area contributed by atoms with E-state index >= 15 is 0 Å². The molecule has 1 fully saturated rings. The lowest BCUT2D eigenvalue weighted by molar-refractivity contribution is -0.111. The summed E-state index contributed by atoms with van der Waals surface area (Å²) in [5, 5.41) is 0. The highest BCUT2D eigenvalue weighted by Gasteiger charge is 2.49. The van der Waals surface area contributed by atoms with E-state index in [9.17, 15) is 19.2 Å². The zero-order valence-electron chi connectivity index (χ0n) is 18.2. The Labute approximate surface area is 194 Å². The maximum atomic E-state index is 13.1. The van der Waals surface area contributed by atoms with E-state index in [0.717, 1.165) is 12.5 Å². The van der Waals surface area contributed by atoms with Crippen LogP contribution in [0.3, 0.4) is 0 Å². The lowest BCUT2D eigenvalue weighted by Gasteiger charge is -2.30. The second-order valence-corrected chi connectivity index (χ2v) is 8.33. The fourth-order valence-electron chi connectivity index (χ4n) is 4.51. The number of hydrogen-bond acceptors (Lipinski definition) is 6. The molecule has 8 heteroatoms. The Bertz CT molecular complexity index is 1380. The van der Waals surface area contributed by atoms with Crippen molar-refractivity contribution in [2.24, 2.45) is 0 Å². The van der Waals surface area contributed by atoms with E-state index in [1.54, 1.807) is 48.5 Å². The van der Waals surface area contributed by atoms with Crippen molar-refractivity contribution in [2.75, 3.05) is 0 Å². The number of nitrogens with zero attached hydrogens (tertiary/aromatic N) is 2. The summed E-state index contributed by atoms with van der Waals surface area (Å²) >= 11 is 0. The fourth-order valence-corrected chi connectivity index (χ4v) is 4.51. The Morgan fingerprint density at radius 3 is 2.32 bits per heavy atom. The van der Waals surface area contributed by atoms with Gasteiger partial charge in [0.1, 0.15) is 11.7 Å². The molecule has 2 heterocycles. The Hall–Kier alpha value is -4.04. The molecule has 8 nitrogen and oxygen atoms in total. The average molecular weight is 458 g/mol. The number of aromatic nitrogens is 2. The highest BCUT2D eigenvalue weighted by Crippen LogP contribution is 2.43. The lowest BCUT2D eigenvalue weighted by Crippen LogP contribution is -2.45. The van der Waals surface area contributed by atoms with Gasteiger partial charge < -0.3 is 9.47 Å². The summed E-state index contributed by atoms with van der Waals surface area (Å²) in [5.41, 5.74) is -1.72. The third-order valence-electron chi connectivity index (χ3n) is 6.23. The molecule has 1 spiro atoms. The zero-order valence-corrected chi connectivity index (χ0v) is 18.2. The average Bonchev–Trinajstić information content (AvgIpc) is 3.46. The molecule has 0 bridgehead atoms. The maximum Gasteiger partial charge on any atom is 0.340 e. The molecule has 0 radical (unpaired) electrons. The van der Waals surface area contributed by atoms with E-state index in [2.05, 4.69) is 0 Å². The van der Waals surface area contributed by atoms with Crippen LogP contribution in [-0.2, 0) is 9.47 Å². The van der Waals surface area contributed by atoms with Crippen molar-refractivity contribution in [2.45, 2.75) is 37.2 Å². The van der Waals surface area contributed by atoms with Crippen LogP contribution in [0.4, 0.5) is 0 Å².